The van der Waals surface area contributed by atoms with Gasteiger partial charge >= 0.3 is 0 Å². The molecule has 4 N–H and O–H groups in total. The molecule has 0 spiro atoms. The number of nitrogens with two attached hydrogens (primary N) is 1. The summed E-state index contributed by atoms with van der Waals surface area (Å²) in [6.07, 6.45) is 1.52. The molecular formula is C11H18N4O3. The fourth-order valence-corrected chi connectivity index (χ4v) is 1.45. The van der Waals surface area contributed by atoms with Gasteiger partial charge in [-0.05, 0) is 12.1 Å². The largest absolute Gasteiger partial charge is 0.409 e. The third-order valence-corrected chi connectivity index (χ3v) is 2.41. The van der Waals surface area contributed by atoms with Crippen LogP contribution in [0.25, 0.3) is 0 Å². The zero-order valence-electron chi connectivity index (χ0n) is 10.3. The first-order valence-electron chi connectivity index (χ1n) is 5.51. The molecule has 0 bridgehead atoms. The van der Waals surface area contributed by atoms with E-state index < -0.39 is 0 Å². The van der Waals surface area contributed by atoms with Crippen LogP contribution in [-0.2, 0) is 4.74 Å². The standard InChI is InChI=1S/C11H18N4O3/c1-18-7-5-15(4-6-16)10-3-2-9(8-13-10)11(12)14-17/h2-3,8,16-17H,4-7H2,1H3,(H2,12,14). The minimum atomic E-state index is 0.0136. The minimum Gasteiger partial charge on any atom is -0.409 e. The quantitative estimate of drug-likeness (QED) is 0.265. The Balaban J connectivity index is 2.79. The second kappa shape index (κ2) is 7.46. The van der Waals surface area contributed by atoms with E-state index in [9.17, 15) is 0 Å². The van der Waals surface area contributed by atoms with E-state index in [0.29, 0.717) is 31.1 Å². The van der Waals surface area contributed by atoms with E-state index in [1.165, 1.54) is 6.20 Å². The summed E-state index contributed by atoms with van der Waals surface area (Å²) < 4.78 is 5.00. The first kappa shape index (κ1) is 14.2. The summed E-state index contributed by atoms with van der Waals surface area (Å²) in [6, 6.07) is 3.45. The lowest BCUT2D eigenvalue weighted by Crippen LogP contribution is -2.31. The third kappa shape index (κ3) is 3.86. The molecule has 0 atom stereocenters. The number of amidine groups is 1. The van der Waals surface area contributed by atoms with Gasteiger partial charge in [0.15, 0.2) is 5.84 Å². The van der Waals surface area contributed by atoms with Crippen LogP contribution < -0.4 is 10.6 Å². The lowest BCUT2D eigenvalue weighted by molar-refractivity contribution is 0.202. The van der Waals surface area contributed by atoms with Gasteiger partial charge in [-0.15, -0.1) is 0 Å². The van der Waals surface area contributed by atoms with E-state index in [1.807, 2.05) is 4.90 Å². The molecule has 0 saturated heterocycles. The monoisotopic (exact) mass is 254 g/mol. The molecule has 7 nitrogen and oxygen atoms in total. The van der Waals surface area contributed by atoms with Crippen LogP contribution in [0.3, 0.4) is 0 Å². The average molecular weight is 254 g/mol. The van der Waals surface area contributed by atoms with Crippen molar-refractivity contribution < 1.29 is 15.1 Å². The van der Waals surface area contributed by atoms with Crippen molar-refractivity contribution in [3.05, 3.63) is 23.9 Å². The predicted octanol–water partition coefficient (Wildman–Crippen LogP) is -0.379. The molecule has 0 fully saturated rings. The number of hydrogen-bond acceptors (Lipinski definition) is 6. The zero-order chi connectivity index (χ0) is 13.4. The van der Waals surface area contributed by atoms with E-state index in [1.54, 1.807) is 19.2 Å². The number of ether oxygens (including phenoxy) is 1. The van der Waals surface area contributed by atoms with Crippen molar-refractivity contribution in [2.24, 2.45) is 10.9 Å². The van der Waals surface area contributed by atoms with Gasteiger partial charge < -0.3 is 25.7 Å². The summed E-state index contributed by atoms with van der Waals surface area (Å²) in [5.74, 6) is 0.718. The van der Waals surface area contributed by atoms with Gasteiger partial charge in [-0.2, -0.15) is 0 Å². The van der Waals surface area contributed by atoms with Gasteiger partial charge in [-0.25, -0.2) is 4.98 Å². The summed E-state index contributed by atoms with van der Waals surface area (Å²) >= 11 is 0. The number of anilines is 1. The molecule has 1 heterocycles. The number of nitrogens with zero attached hydrogens (tertiary/aromatic N) is 3. The van der Waals surface area contributed by atoms with E-state index >= 15 is 0 Å². The fraction of sp³-hybridized carbons (Fsp3) is 0.455. The van der Waals surface area contributed by atoms with Crippen molar-refractivity contribution in [3.8, 4) is 0 Å². The van der Waals surface area contributed by atoms with Crippen molar-refractivity contribution in [1.82, 2.24) is 4.98 Å². The number of pyridine rings is 1. The number of rotatable bonds is 7. The molecule has 0 aliphatic heterocycles. The molecule has 18 heavy (non-hydrogen) atoms. The molecule has 1 aromatic heterocycles. The maximum Gasteiger partial charge on any atom is 0.171 e. The number of methoxy groups -OCH3 is 1. The second-order valence-corrected chi connectivity index (χ2v) is 3.59. The Hall–Kier alpha value is -1.86. The second-order valence-electron chi connectivity index (χ2n) is 3.59. The zero-order valence-corrected chi connectivity index (χ0v) is 10.3. The molecule has 1 rings (SSSR count). The highest BCUT2D eigenvalue weighted by molar-refractivity contribution is 5.96. The highest BCUT2D eigenvalue weighted by Gasteiger charge is 2.08. The maximum absolute atomic E-state index is 9.00. The van der Waals surface area contributed by atoms with Gasteiger partial charge in [0.2, 0.25) is 0 Å². The third-order valence-electron chi connectivity index (χ3n) is 2.41. The molecular weight excluding hydrogens is 236 g/mol. The van der Waals surface area contributed by atoms with Crippen LogP contribution in [-0.4, -0.2) is 54.5 Å². The van der Waals surface area contributed by atoms with Gasteiger partial charge in [0, 0.05) is 32.0 Å². The average Bonchev–Trinajstić information content (AvgIpc) is 2.43. The molecule has 0 aliphatic carbocycles. The topological polar surface area (TPSA) is 104 Å². The molecule has 0 radical (unpaired) electrons. The van der Waals surface area contributed by atoms with E-state index in [2.05, 4.69) is 10.1 Å². The number of hydrogen-bond donors (Lipinski definition) is 3. The van der Waals surface area contributed by atoms with Crippen LogP contribution in [0.5, 0.6) is 0 Å². The summed E-state index contributed by atoms with van der Waals surface area (Å²) in [4.78, 5) is 6.10. The molecule has 7 heteroatoms. The Kier molecular flexibility index (Phi) is 5.89. The lowest BCUT2D eigenvalue weighted by Gasteiger charge is -2.22. The van der Waals surface area contributed by atoms with Gasteiger partial charge in [0.05, 0.1) is 13.2 Å². The fourth-order valence-electron chi connectivity index (χ4n) is 1.45. The molecule has 0 amide bonds. The van der Waals surface area contributed by atoms with Crippen LogP contribution in [0.15, 0.2) is 23.5 Å². The Morgan fingerprint density at radius 2 is 2.28 bits per heavy atom. The lowest BCUT2D eigenvalue weighted by atomic mass is 10.2. The molecule has 1 aromatic rings. The maximum atomic E-state index is 9.00. The minimum absolute atomic E-state index is 0.0136. The number of aromatic nitrogens is 1. The van der Waals surface area contributed by atoms with Crippen LogP contribution >= 0.6 is 0 Å². The molecule has 0 aromatic carbocycles. The summed E-state index contributed by atoms with van der Waals surface area (Å²) in [7, 11) is 1.62. The van der Waals surface area contributed by atoms with Crippen LogP contribution in [0, 0.1) is 0 Å². The summed E-state index contributed by atoms with van der Waals surface area (Å²) in [6.45, 7) is 1.68. The first-order valence-corrected chi connectivity index (χ1v) is 5.51. The number of aliphatic hydroxyl groups excluding tert-OH is 1. The number of aliphatic hydroxyl groups is 1. The summed E-state index contributed by atoms with van der Waals surface area (Å²) in [5, 5.41) is 20.4. The highest BCUT2D eigenvalue weighted by atomic mass is 16.5. The molecule has 0 saturated carbocycles. The Bertz CT molecular complexity index is 380. The molecule has 0 unspecified atom stereocenters. The van der Waals surface area contributed by atoms with Crippen molar-refractivity contribution in [1.29, 1.82) is 0 Å². The molecule has 0 aliphatic rings. The van der Waals surface area contributed by atoms with Crippen LogP contribution in [0.2, 0.25) is 0 Å². The highest BCUT2D eigenvalue weighted by Crippen LogP contribution is 2.10. The molecule has 100 valence electrons. The van der Waals surface area contributed by atoms with Crippen LogP contribution in [0.4, 0.5) is 5.82 Å². The van der Waals surface area contributed by atoms with E-state index in [-0.39, 0.29) is 12.4 Å². The van der Waals surface area contributed by atoms with E-state index in [4.69, 9.17) is 20.8 Å². The van der Waals surface area contributed by atoms with Crippen LogP contribution in [0.1, 0.15) is 5.56 Å². The Labute approximate surface area is 105 Å². The van der Waals surface area contributed by atoms with Gasteiger partial charge in [0.1, 0.15) is 5.82 Å². The normalized spacial score (nSPS) is 11.6. The smallest absolute Gasteiger partial charge is 0.171 e. The van der Waals surface area contributed by atoms with Gasteiger partial charge in [-0.3, -0.25) is 0 Å². The van der Waals surface area contributed by atoms with E-state index in [0.717, 1.165) is 0 Å². The Morgan fingerprint density at radius 1 is 1.50 bits per heavy atom. The summed E-state index contributed by atoms with van der Waals surface area (Å²) in [5.41, 5.74) is 5.98. The van der Waals surface area contributed by atoms with Crippen molar-refractivity contribution in [3.63, 3.8) is 0 Å². The van der Waals surface area contributed by atoms with Crippen molar-refractivity contribution in [2.45, 2.75) is 0 Å². The van der Waals surface area contributed by atoms with Crippen molar-refractivity contribution in [2.75, 3.05) is 38.3 Å². The first-order chi connectivity index (χ1) is 8.72. The number of oxime groups is 1. The van der Waals surface area contributed by atoms with Crippen molar-refractivity contribution >= 4 is 11.7 Å². The SMILES string of the molecule is COCCN(CCO)c1ccc(/C(N)=N/O)cn1. The Morgan fingerprint density at radius 3 is 2.78 bits per heavy atom. The van der Waals surface area contributed by atoms with Gasteiger partial charge in [-0.1, -0.05) is 5.16 Å². The van der Waals surface area contributed by atoms with Gasteiger partial charge in [0.25, 0.3) is 0 Å². The predicted molar refractivity (Wildman–Crippen MR) is 67.9 cm³/mol.